The number of hydrogen-bond donors (Lipinski definition) is 0. The summed E-state index contributed by atoms with van der Waals surface area (Å²) in [6.07, 6.45) is 13.2. The molecule has 0 aromatic heterocycles. The third-order valence-corrected chi connectivity index (χ3v) is 3.17. The van der Waals surface area contributed by atoms with Gasteiger partial charge in [-0.2, -0.15) is 0 Å². The first-order valence-electron chi connectivity index (χ1n) is 5.51. The lowest BCUT2D eigenvalue weighted by atomic mass is 9.85. The molecule has 0 amide bonds. The molecule has 0 saturated carbocycles. The van der Waals surface area contributed by atoms with Crippen LogP contribution in [0.4, 0.5) is 0 Å². The lowest BCUT2D eigenvalue weighted by molar-refractivity contribution is 0.374. The predicted octanol–water partition coefficient (Wildman–Crippen LogP) is 4.17. The largest absolute Gasteiger partial charge is 0.0882 e. The van der Waals surface area contributed by atoms with Gasteiger partial charge in [-0.15, -0.1) is 0 Å². The molecule has 1 aliphatic carbocycles. The standard InChI is InChI=1S/C12H22/c1-3-11(2)12-9-7-5-4-6-8-10-12/h7,9,11-12H,3-6,8,10H2,1-2H3/b9-7-. The van der Waals surface area contributed by atoms with Crippen molar-refractivity contribution in [3.05, 3.63) is 12.2 Å². The third kappa shape index (κ3) is 3.00. The van der Waals surface area contributed by atoms with Gasteiger partial charge in [-0.3, -0.25) is 0 Å². The second kappa shape index (κ2) is 5.40. The summed E-state index contributed by atoms with van der Waals surface area (Å²) in [4.78, 5) is 0. The molecule has 70 valence electrons. The molecular weight excluding hydrogens is 144 g/mol. The van der Waals surface area contributed by atoms with Gasteiger partial charge >= 0.3 is 0 Å². The highest BCUT2D eigenvalue weighted by Crippen LogP contribution is 2.25. The lowest BCUT2D eigenvalue weighted by Gasteiger charge is -2.20. The van der Waals surface area contributed by atoms with Gasteiger partial charge in [0.2, 0.25) is 0 Å². The van der Waals surface area contributed by atoms with Crippen LogP contribution in [0.5, 0.6) is 0 Å². The summed E-state index contributed by atoms with van der Waals surface area (Å²) in [5.74, 6) is 1.76. The fourth-order valence-corrected chi connectivity index (χ4v) is 1.96. The molecule has 0 aromatic carbocycles. The molecule has 2 unspecified atom stereocenters. The minimum atomic E-state index is 0.871. The van der Waals surface area contributed by atoms with Crippen LogP contribution in [0.15, 0.2) is 12.2 Å². The zero-order valence-corrected chi connectivity index (χ0v) is 8.55. The van der Waals surface area contributed by atoms with Crippen molar-refractivity contribution < 1.29 is 0 Å². The fourth-order valence-electron chi connectivity index (χ4n) is 1.96. The molecule has 0 spiro atoms. The quantitative estimate of drug-likeness (QED) is 0.540. The zero-order valence-electron chi connectivity index (χ0n) is 8.55. The molecule has 1 aliphatic rings. The van der Waals surface area contributed by atoms with Gasteiger partial charge in [0.05, 0.1) is 0 Å². The first-order chi connectivity index (χ1) is 5.84. The van der Waals surface area contributed by atoms with Crippen LogP contribution in [-0.2, 0) is 0 Å². The Kier molecular flexibility index (Phi) is 4.42. The minimum absolute atomic E-state index is 0.871. The van der Waals surface area contributed by atoms with Crippen molar-refractivity contribution in [3.63, 3.8) is 0 Å². The van der Waals surface area contributed by atoms with Crippen molar-refractivity contribution in [2.75, 3.05) is 0 Å². The first-order valence-corrected chi connectivity index (χ1v) is 5.51. The first kappa shape index (κ1) is 9.83. The average Bonchev–Trinajstić information content (AvgIpc) is 2.02. The Hall–Kier alpha value is -0.260. The molecule has 0 heterocycles. The maximum atomic E-state index is 2.47. The molecular formula is C12H22. The van der Waals surface area contributed by atoms with Crippen molar-refractivity contribution in [3.8, 4) is 0 Å². The van der Waals surface area contributed by atoms with Gasteiger partial charge in [-0.1, -0.05) is 45.3 Å². The lowest BCUT2D eigenvalue weighted by Crippen LogP contribution is -2.09. The summed E-state index contributed by atoms with van der Waals surface area (Å²) < 4.78 is 0. The molecule has 0 aliphatic heterocycles. The van der Waals surface area contributed by atoms with Crippen molar-refractivity contribution in [1.82, 2.24) is 0 Å². The Morgan fingerprint density at radius 1 is 1.33 bits per heavy atom. The molecule has 2 atom stereocenters. The van der Waals surface area contributed by atoms with Gasteiger partial charge in [0, 0.05) is 0 Å². The van der Waals surface area contributed by atoms with Crippen LogP contribution in [0.2, 0.25) is 0 Å². The molecule has 12 heavy (non-hydrogen) atoms. The average molecular weight is 166 g/mol. The highest BCUT2D eigenvalue weighted by molar-refractivity contribution is 4.91. The Balaban J connectivity index is 2.43. The molecule has 0 nitrogen and oxygen atoms in total. The van der Waals surface area contributed by atoms with Crippen molar-refractivity contribution >= 4 is 0 Å². The Morgan fingerprint density at radius 3 is 2.92 bits per heavy atom. The minimum Gasteiger partial charge on any atom is -0.0882 e. The summed E-state index contributed by atoms with van der Waals surface area (Å²) in [6.45, 7) is 4.69. The highest BCUT2D eigenvalue weighted by atomic mass is 14.2. The second-order valence-corrected chi connectivity index (χ2v) is 4.12. The number of allylic oxidation sites excluding steroid dienone is 2. The monoisotopic (exact) mass is 166 g/mol. The topological polar surface area (TPSA) is 0 Å². The van der Waals surface area contributed by atoms with E-state index in [1.165, 1.54) is 38.5 Å². The molecule has 0 radical (unpaired) electrons. The normalized spacial score (nSPS) is 30.3. The molecule has 1 rings (SSSR count). The van der Waals surface area contributed by atoms with E-state index in [0.29, 0.717) is 0 Å². The van der Waals surface area contributed by atoms with Crippen LogP contribution >= 0.6 is 0 Å². The maximum Gasteiger partial charge on any atom is -0.0208 e. The van der Waals surface area contributed by atoms with E-state index >= 15 is 0 Å². The van der Waals surface area contributed by atoms with E-state index < -0.39 is 0 Å². The van der Waals surface area contributed by atoms with Gasteiger partial charge in [0.1, 0.15) is 0 Å². The van der Waals surface area contributed by atoms with Gasteiger partial charge in [-0.25, -0.2) is 0 Å². The van der Waals surface area contributed by atoms with Crippen LogP contribution in [0.3, 0.4) is 0 Å². The van der Waals surface area contributed by atoms with Crippen LogP contribution in [-0.4, -0.2) is 0 Å². The van der Waals surface area contributed by atoms with E-state index in [1.807, 2.05) is 0 Å². The van der Waals surface area contributed by atoms with Gasteiger partial charge in [0.25, 0.3) is 0 Å². The molecule has 0 heteroatoms. The summed E-state index contributed by atoms with van der Waals surface area (Å²) >= 11 is 0. The Morgan fingerprint density at radius 2 is 2.17 bits per heavy atom. The van der Waals surface area contributed by atoms with Gasteiger partial charge in [0.15, 0.2) is 0 Å². The SMILES string of the molecule is CCC(C)C1/C=C\CCCCC1. The smallest absolute Gasteiger partial charge is 0.0208 e. The van der Waals surface area contributed by atoms with Crippen LogP contribution in [0.1, 0.15) is 52.4 Å². The van der Waals surface area contributed by atoms with Crippen LogP contribution in [0.25, 0.3) is 0 Å². The Labute approximate surface area is 77.1 Å². The highest BCUT2D eigenvalue weighted by Gasteiger charge is 2.12. The van der Waals surface area contributed by atoms with Crippen molar-refractivity contribution in [2.45, 2.75) is 52.4 Å². The van der Waals surface area contributed by atoms with E-state index in [0.717, 1.165) is 11.8 Å². The van der Waals surface area contributed by atoms with E-state index in [1.54, 1.807) is 0 Å². The second-order valence-electron chi connectivity index (χ2n) is 4.12. The van der Waals surface area contributed by atoms with E-state index in [4.69, 9.17) is 0 Å². The van der Waals surface area contributed by atoms with Gasteiger partial charge < -0.3 is 0 Å². The van der Waals surface area contributed by atoms with Crippen LogP contribution < -0.4 is 0 Å². The maximum absolute atomic E-state index is 2.47. The van der Waals surface area contributed by atoms with E-state index in [-0.39, 0.29) is 0 Å². The summed E-state index contributed by atoms with van der Waals surface area (Å²) in [5, 5.41) is 0. The van der Waals surface area contributed by atoms with E-state index in [9.17, 15) is 0 Å². The summed E-state index contributed by atoms with van der Waals surface area (Å²) in [7, 11) is 0. The molecule has 0 saturated heterocycles. The predicted molar refractivity (Wildman–Crippen MR) is 55.2 cm³/mol. The third-order valence-electron chi connectivity index (χ3n) is 3.17. The van der Waals surface area contributed by atoms with Crippen LogP contribution in [0, 0.1) is 11.8 Å². The molecule has 0 bridgehead atoms. The number of rotatable bonds is 2. The summed E-state index contributed by atoms with van der Waals surface area (Å²) in [6, 6.07) is 0. The van der Waals surface area contributed by atoms with Crippen molar-refractivity contribution in [1.29, 1.82) is 0 Å². The summed E-state index contributed by atoms with van der Waals surface area (Å²) in [5.41, 5.74) is 0. The van der Waals surface area contributed by atoms with Crippen molar-refractivity contribution in [2.24, 2.45) is 11.8 Å². The van der Waals surface area contributed by atoms with E-state index in [2.05, 4.69) is 26.0 Å². The molecule has 0 fully saturated rings. The Bertz CT molecular complexity index is 135. The van der Waals surface area contributed by atoms with Gasteiger partial charge in [-0.05, 0) is 31.1 Å². The fraction of sp³-hybridized carbons (Fsp3) is 0.833. The zero-order chi connectivity index (χ0) is 8.81. The molecule has 0 aromatic rings. The molecule has 0 N–H and O–H groups in total. The number of hydrogen-bond acceptors (Lipinski definition) is 0.